The molecule has 0 spiro atoms. The summed E-state index contributed by atoms with van der Waals surface area (Å²) < 4.78 is 60.2. The standard InChI is InChI=1S/C24H38N7O19P3S/c1-24(2,19(37)22(38)27-4-3-13(32)26-5-6-54-15(35)7-14(33)34)9-47-53(44,45)50-52(42,43)46-8-12-18(49-51(39,40)41)17(36)23(48-12)31-11-30-16-20(25)28-10-29-21(16)31/h10-12,17-19,23,36-37H,3-9H2,1-2H3,(H,26,32)(H,27,38)(H,33,34)(H,42,43)(H,44,45)(H2,25,28,29)(H2,39,40,41)/p-4/t12-,17-,18-,19-,23-/m1/s1. The van der Waals surface area contributed by atoms with Crippen molar-refractivity contribution in [2.75, 3.05) is 37.8 Å². The molecule has 7 N–H and O–H groups in total. The normalized spacial score (nSPS) is 21.9. The van der Waals surface area contributed by atoms with E-state index in [4.69, 9.17) is 15.6 Å². The summed E-state index contributed by atoms with van der Waals surface area (Å²) in [5.74, 6) is -2.91. The summed E-state index contributed by atoms with van der Waals surface area (Å²) in [5, 5.41) is 33.8. The van der Waals surface area contributed by atoms with Gasteiger partial charge >= 0.3 is 5.97 Å². The van der Waals surface area contributed by atoms with E-state index in [1.165, 1.54) is 0 Å². The van der Waals surface area contributed by atoms with Gasteiger partial charge < -0.3 is 74.1 Å². The number of amides is 2. The van der Waals surface area contributed by atoms with Crippen molar-refractivity contribution < 1.29 is 90.4 Å². The third kappa shape index (κ3) is 13.6. The fourth-order valence-electron chi connectivity index (χ4n) is 4.45. The molecule has 0 bridgehead atoms. The van der Waals surface area contributed by atoms with Crippen LogP contribution in [0, 0.1) is 5.41 Å². The van der Waals surface area contributed by atoms with Crippen molar-refractivity contribution >= 4 is 75.1 Å². The first-order valence-electron chi connectivity index (χ1n) is 15.1. The number of hydrogen-bond donors (Lipinski definition) is 6. The molecular weight excluding hydrogens is 815 g/mol. The van der Waals surface area contributed by atoms with Crippen molar-refractivity contribution in [3.8, 4) is 0 Å². The van der Waals surface area contributed by atoms with Crippen molar-refractivity contribution in [3.05, 3.63) is 12.7 Å². The average Bonchev–Trinajstić information content (AvgIpc) is 3.60. The maximum atomic E-state index is 12.5. The van der Waals surface area contributed by atoms with Gasteiger partial charge in [-0.05, 0) is 0 Å². The lowest BCUT2D eigenvalue weighted by Crippen LogP contribution is -2.46. The van der Waals surface area contributed by atoms with Gasteiger partial charge in [0.1, 0.15) is 42.7 Å². The molecular formula is C24H34N7O19P3S-4. The van der Waals surface area contributed by atoms with Crippen LogP contribution >= 0.6 is 35.2 Å². The Balaban J connectivity index is 1.51. The summed E-state index contributed by atoms with van der Waals surface area (Å²) >= 11 is 0.706. The first kappa shape index (κ1) is 45.4. The lowest BCUT2D eigenvalue weighted by Gasteiger charge is -2.36. The van der Waals surface area contributed by atoms with E-state index in [9.17, 15) is 62.7 Å². The van der Waals surface area contributed by atoms with Gasteiger partial charge in [-0.2, -0.15) is 0 Å². The number of fused-ring (bicyclic) bond motifs is 1. The third-order valence-corrected chi connectivity index (χ3v) is 10.9. The second kappa shape index (κ2) is 18.8. The molecule has 1 aliphatic heterocycles. The Morgan fingerprint density at radius 2 is 1.74 bits per heavy atom. The molecule has 2 aromatic rings. The Morgan fingerprint density at radius 1 is 1.07 bits per heavy atom. The van der Waals surface area contributed by atoms with Crippen molar-refractivity contribution in [1.29, 1.82) is 0 Å². The van der Waals surface area contributed by atoms with Gasteiger partial charge in [0.25, 0.3) is 15.6 Å². The van der Waals surface area contributed by atoms with Crippen molar-refractivity contribution in [3.63, 3.8) is 0 Å². The van der Waals surface area contributed by atoms with Gasteiger partial charge in [0.2, 0.25) is 11.8 Å². The first-order valence-corrected chi connectivity index (χ1v) is 20.5. The average molecular weight is 850 g/mol. The molecule has 2 amide bonds. The quantitative estimate of drug-likeness (QED) is 0.0392. The number of aromatic nitrogens is 4. The molecule has 304 valence electrons. The van der Waals surface area contributed by atoms with Crippen LogP contribution in [0.4, 0.5) is 5.82 Å². The summed E-state index contributed by atoms with van der Waals surface area (Å²) in [6, 6.07) is 0. The molecule has 7 atom stereocenters. The maximum Gasteiger partial charge on any atom is 0.311 e. The van der Waals surface area contributed by atoms with Crippen LogP contribution in [0.5, 0.6) is 0 Å². The van der Waals surface area contributed by atoms with Crippen molar-refractivity contribution in [2.24, 2.45) is 5.41 Å². The third-order valence-electron chi connectivity index (χ3n) is 7.04. The molecule has 54 heavy (non-hydrogen) atoms. The van der Waals surface area contributed by atoms with E-state index in [1.807, 2.05) is 0 Å². The smallest absolute Gasteiger partial charge is 0.311 e. The van der Waals surface area contributed by atoms with E-state index in [0.717, 1.165) is 31.1 Å². The molecule has 3 heterocycles. The lowest BCUT2D eigenvalue weighted by atomic mass is 9.87. The number of nitrogens with two attached hydrogens (primary N) is 1. The number of nitrogens with zero attached hydrogens (tertiary/aromatic N) is 4. The lowest BCUT2D eigenvalue weighted by molar-refractivity contribution is -0.347. The minimum Gasteiger partial charge on any atom is -0.790 e. The van der Waals surface area contributed by atoms with Crippen LogP contribution in [-0.2, 0) is 55.5 Å². The number of rotatable bonds is 21. The first-order chi connectivity index (χ1) is 24.9. The number of anilines is 1. The van der Waals surface area contributed by atoms with E-state index in [0.29, 0.717) is 11.8 Å². The highest BCUT2D eigenvalue weighted by Crippen LogP contribution is 2.56. The van der Waals surface area contributed by atoms with Crippen LogP contribution < -0.4 is 35.9 Å². The number of carboxylic acids is 1. The van der Waals surface area contributed by atoms with Crippen LogP contribution in [0.15, 0.2) is 12.7 Å². The largest absolute Gasteiger partial charge is 0.790 e. The van der Waals surface area contributed by atoms with E-state index >= 15 is 0 Å². The number of imidazole rings is 1. The molecule has 2 aromatic heterocycles. The van der Waals surface area contributed by atoms with Gasteiger partial charge in [0.05, 0.1) is 27.4 Å². The van der Waals surface area contributed by atoms with Crippen LogP contribution in [0.3, 0.4) is 0 Å². The van der Waals surface area contributed by atoms with Crippen molar-refractivity contribution in [1.82, 2.24) is 30.2 Å². The van der Waals surface area contributed by atoms with Gasteiger partial charge in [0, 0.05) is 30.7 Å². The number of ether oxygens (including phenoxy) is 1. The molecule has 30 heteroatoms. The van der Waals surface area contributed by atoms with Crippen LogP contribution in [-0.4, -0.2) is 114 Å². The molecule has 1 aliphatic rings. The monoisotopic (exact) mass is 849 g/mol. The minimum atomic E-state index is -5.93. The predicted octanol–water partition coefficient (Wildman–Crippen LogP) is -4.39. The van der Waals surface area contributed by atoms with Gasteiger partial charge in [-0.25, -0.2) is 19.3 Å². The fraction of sp³-hybridized carbons (Fsp3) is 0.625. The number of nitrogen functional groups attached to an aromatic ring is 1. The number of phosphoric acid groups is 3. The zero-order chi connectivity index (χ0) is 40.6. The number of nitrogens with one attached hydrogen (secondary N) is 2. The van der Waals surface area contributed by atoms with E-state index in [2.05, 4.69) is 43.5 Å². The molecule has 2 unspecified atom stereocenters. The molecule has 0 aliphatic carbocycles. The molecule has 1 saturated heterocycles. The topological polar surface area (TPSA) is 412 Å². The Hall–Kier alpha value is -2.97. The summed E-state index contributed by atoms with van der Waals surface area (Å²) in [7, 11) is -17.6. The van der Waals surface area contributed by atoms with Gasteiger partial charge in [-0.1, -0.05) is 25.6 Å². The fourth-order valence-corrected chi connectivity index (χ4v) is 7.84. The predicted molar refractivity (Wildman–Crippen MR) is 170 cm³/mol. The minimum absolute atomic E-state index is 0.0176. The Labute approximate surface area is 308 Å². The van der Waals surface area contributed by atoms with Crippen molar-refractivity contribution in [2.45, 2.75) is 57.3 Å². The molecule has 0 radical (unpaired) electrons. The summed E-state index contributed by atoms with van der Waals surface area (Å²) in [5.41, 5.74) is 3.99. The number of hydrogen-bond acceptors (Lipinski definition) is 23. The Morgan fingerprint density at radius 3 is 2.39 bits per heavy atom. The van der Waals surface area contributed by atoms with E-state index < -0.39 is 102 Å². The molecule has 26 nitrogen and oxygen atoms in total. The SMILES string of the molecule is CC(C)(COP(=O)([O-])OP(=O)([O-])OC[C@H]1O[C@@H](n2cnc3c(N)ncnc32)[C@H](O)[C@@H]1OP(=O)([O-])[O-])[C@H](O)C(=O)NCCC(=O)NCCSC(=O)CC(=O)O. The van der Waals surface area contributed by atoms with Crippen LogP contribution in [0.1, 0.15) is 32.9 Å². The van der Waals surface area contributed by atoms with Gasteiger partial charge in [-0.15, -0.1) is 0 Å². The number of aliphatic carboxylic acids is 1. The van der Waals surface area contributed by atoms with Gasteiger partial charge in [-0.3, -0.25) is 32.9 Å². The number of aliphatic hydroxyl groups excluding tert-OH is 2. The number of thioether (sulfide) groups is 1. The number of carbonyl (C=O) groups is 4. The summed E-state index contributed by atoms with van der Waals surface area (Å²) in [6.45, 7) is -0.268. The Kier molecular flexibility index (Phi) is 15.8. The molecule has 0 aromatic carbocycles. The Bertz CT molecular complexity index is 1830. The number of carbonyl (C=O) groups excluding carboxylic acids is 3. The second-order valence-corrected chi connectivity index (χ2v) is 17.0. The molecule has 0 saturated carbocycles. The summed E-state index contributed by atoms with van der Waals surface area (Å²) in [6.07, 6.45) is -8.46. The summed E-state index contributed by atoms with van der Waals surface area (Å²) in [4.78, 5) is 105. The zero-order valence-corrected chi connectivity index (χ0v) is 31.5. The highest BCUT2D eigenvalue weighted by molar-refractivity contribution is 8.13. The molecule has 1 fully saturated rings. The maximum absolute atomic E-state index is 12.5. The van der Waals surface area contributed by atoms with Gasteiger partial charge in [0.15, 0.2) is 22.8 Å². The van der Waals surface area contributed by atoms with E-state index in [-0.39, 0.29) is 42.2 Å². The van der Waals surface area contributed by atoms with Crippen LogP contribution in [0.2, 0.25) is 0 Å². The molecule has 3 rings (SSSR count). The highest BCUT2D eigenvalue weighted by Gasteiger charge is 2.47. The van der Waals surface area contributed by atoms with E-state index in [1.54, 1.807) is 0 Å². The number of aliphatic hydroxyl groups is 2. The highest BCUT2D eigenvalue weighted by atomic mass is 32.2. The van der Waals surface area contributed by atoms with Crippen LogP contribution in [0.25, 0.3) is 11.2 Å². The number of phosphoric ester groups is 3. The zero-order valence-electron chi connectivity index (χ0n) is 28.0. The number of carboxylic acid groups (broad SMARTS) is 1. The second-order valence-electron chi connectivity index (χ2n) is 11.8.